The van der Waals surface area contributed by atoms with Gasteiger partial charge in [0, 0.05) is 18.8 Å². The Bertz CT molecular complexity index is 1080. The maximum atomic E-state index is 13.9. The number of nitrogens with zero attached hydrogens (tertiary/aromatic N) is 4. The molecule has 1 saturated heterocycles. The molecule has 1 amide bonds. The van der Waals surface area contributed by atoms with Crippen molar-refractivity contribution in [3.05, 3.63) is 59.4 Å². The van der Waals surface area contributed by atoms with Gasteiger partial charge < -0.3 is 15.0 Å². The van der Waals surface area contributed by atoms with E-state index < -0.39 is 0 Å². The average Bonchev–Trinajstić information content (AvgIpc) is 3.19. The highest BCUT2D eigenvalue weighted by Crippen LogP contribution is 2.27. The molecule has 7 nitrogen and oxygen atoms in total. The second kappa shape index (κ2) is 9.49. The summed E-state index contributed by atoms with van der Waals surface area (Å²) < 4.78 is 21.1. The number of nitrogens with one attached hydrogen (secondary N) is 1. The number of thioether (sulfide) groups is 1. The van der Waals surface area contributed by atoms with E-state index in [0.29, 0.717) is 43.1 Å². The van der Waals surface area contributed by atoms with E-state index in [2.05, 4.69) is 20.4 Å². The summed E-state index contributed by atoms with van der Waals surface area (Å²) in [7, 11) is 0. The van der Waals surface area contributed by atoms with E-state index in [9.17, 15) is 9.18 Å². The van der Waals surface area contributed by atoms with E-state index in [1.165, 1.54) is 29.5 Å². The number of halogens is 1. The summed E-state index contributed by atoms with van der Waals surface area (Å²) in [6, 6.07) is 12.1. The van der Waals surface area contributed by atoms with Crippen molar-refractivity contribution < 1.29 is 13.9 Å². The van der Waals surface area contributed by atoms with Gasteiger partial charge in [-0.1, -0.05) is 23.9 Å². The fourth-order valence-electron chi connectivity index (χ4n) is 3.31. The third-order valence-corrected chi connectivity index (χ3v) is 6.03. The van der Waals surface area contributed by atoms with Crippen LogP contribution < -0.4 is 10.2 Å². The van der Waals surface area contributed by atoms with Crippen molar-refractivity contribution in [2.24, 2.45) is 0 Å². The Morgan fingerprint density at radius 2 is 1.94 bits per heavy atom. The number of hydrogen-bond acceptors (Lipinski definition) is 6. The average molecular weight is 442 g/mol. The quantitative estimate of drug-likeness (QED) is 0.590. The van der Waals surface area contributed by atoms with Crippen LogP contribution in [-0.2, 0) is 9.53 Å². The largest absolute Gasteiger partial charge is 0.378 e. The summed E-state index contributed by atoms with van der Waals surface area (Å²) in [4.78, 5) is 14.6. The second-order valence-electron chi connectivity index (χ2n) is 7.33. The smallest absolute Gasteiger partial charge is 0.234 e. The van der Waals surface area contributed by atoms with Crippen LogP contribution in [0, 0.1) is 19.7 Å². The van der Waals surface area contributed by atoms with Crippen LogP contribution in [0.2, 0.25) is 0 Å². The summed E-state index contributed by atoms with van der Waals surface area (Å²) in [5.74, 6) is 0.284. The van der Waals surface area contributed by atoms with E-state index in [1.807, 2.05) is 32.0 Å². The van der Waals surface area contributed by atoms with E-state index in [1.54, 1.807) is 16.7 Å². The fraction of sp³-hybridized carbons (Fsp3) is 0.318. The van der Waals surface area contributed by atoms with Crippen LogP contribution in [0.3, 0.4) is 0 Å². The number of amides is 1. The van der Waals surface area contributed by atoms with Crippen LogP contribution >= 0.6 is 11.8 Å². The second-order valence-corrected chi connectivity index (χ2v) is 8.28. The zero-order valence-corrected chi connectivity index (χ0v) is 18.3. The lowest BCUT2D eigenvalue weighted by Crippen LogP contribution is -2.37. The van der Waals surface area contributed by atoms with Crippen molar-refractivity contribution >= 4 is 29.3 Å². The molecule has 9 heteroatoms. The number of morpholine rings is 1. The third kappa shape index (κ3) is 5.05. The monoisotopic (exact) mass is 441 g/mol. The molecule has 4 rings (SSSR count). The Hall–Kier alpha value is -2.91. The minimum absolute atomic E-state index is 0.144. The number of hydrogen-bond donors (Lipinski definition) is 1. The van der Waals surface area contributed by atoms with E-state index >= 15 is 0 Å². The maximum absolute atomic E-state index is 13.9. The fourth-order valence-corrected chi connectivity index (χ4v) is 4.06. The molecule has 2 heterocycles. The first-order chi connectivity index (χ1) is 15.0. The Kier molecular flexibility index (Phi) is 6.53. The number of carbonyl (C=O) groups excluding carboxylic acids is 1. The zero-order chi connectivity index (χ0) is 21.8. The summed E-state index contributed by atoms with van der Waals surface area (Å²) in [6.07, 6.45) is 0. The molecule has 31 heavy (non-hydrogen) atoms. The Morgan fingerprint density at radius 1 is 1.13 bits per heavy atom. The number of rotatable bonds is 6. The van der Waals surface area contributed by atoms with Gasteiger partial charge in [0.2, 0.25) is 11.9 Å². The molecular weight excluding hydrogens is 417 g/mol. The van der Waals surface area contributed by atoms with Gasteiger partial charge in [0.25, 0.3) is 0 Å². The first-order valence-corrected chi connectivity index (χ1v) is 11.0. The van der Waals surface area contributed by atoms with Crippen molar-refractivity contribution in [1.29, 1.82) is 0 Å². The van der Waals surface area contributed by atoms with Crippen LogP contribution in [0.15, 0.2) is 47.6 Å². The predicted molar refractivity (Wildman–Crippen MR) is 120 cm³/mol. The molecule has 0 unspecified atom stereocenters. The molecule has 1 aromatic heterocycles. The van der Waals surface area contributed by atoms with Gasteiger partial charge in [0.15, 0.2) is 5.16 Å². The molecule has 3 aromatic rings. The molecule has 1 aliphatic rings. The summed E-state index contributed by atoms with van der Waals surface area (Å²) in [6.45, 7) is 6.57. The minimum atomic E-state index is -0.345. The molecule has 0 aliphatic carbocycles. The number of aromatic nitrogens is 3. The highest BCUT2D eigenvalue weighted by atomic mass is 32.2. The molecule has 0 atom stereocenters. The molecule has 0 bridgehead atoms. The lowest BCUT2D eigenvalue weighted by Gasteiger charge is -2.27. The number of anilines is 2. The first-order valence-electron chi connectivity index (χ1n) is 10.1. The summed E-state index contributed by atoms with van der Waals surface area (Å²) in [5.41, 5.74) is 3.66. The van der Waals surface area contributed by atoms with Gasteiger partial charge in [-0.05, 0) is 55.3 Å². The van der Waals surface area contributed by atoms with Crippen LogP contribution in [0.4, 0.5) is 16.0 Å². The van der Waals surface area contributed by atoms with E-state index in [-0.39, 0.29) is 17.5 Å². The standard InChI is InChI=1S/C22H24FN5O2S/c1-15-6-7-18(12-16(15)2)24-20(29)14-31-22-26-25-21(27-8-10-30-11-9-27)28(22)19-5-3-4-17(23)13-19/h3-7,12-13H,8-11,14H2,1-2H3,(H,24,29). The summed E-state index contributed by atoms with van der Waals surface area (Å²) in [5, 5.41) is 12.1. The first kappa shape index (κ1) is 21.3. The lowest BCUT2D eigenvalue weighted by atomic mass is 10.1. The van der Waals surface area contributed by atoms with Crippen molar-refractivity contribution in [2.75, 3.05) is 42.3 Å². The predicted octanol–water partition coefficient (Wildman–Crippen LogP) is 3.59. The van der Waals surface area contributed by atoms with Crippen molar-refractivity contribution in [1.82, 2.24) is 14.8 Å². The highest BCUT2D eigenvalue weighted by Gasteiger charge is 2.22. The Morgan fingerprint density at radius 3 is 2.68 bits per heavy atom. The van der Waals surface area contributed by atoms with Crippen LogP contribution in [0.1, 0.15) is 11.1 Å². The SMILES string of the molecule is Cc1ccc(NC(=O)CSc2nnc(N3CCOCC3)n2-c2cccc(F)c2)cc1C. The van der Waals surface area contributed by atoms with Gasteiger partial charge >= 0.3 is 0 Å². The molecule has 1 aliphatic heterocycles. The van der Waals surface area contributed by atoms with Gasteiger partial charge in [-0.25, -0.2) is 4.39 Å². The van der Waals surface area contributed by atoms with Crippen molar-refractivity contribution in [2.45, 2.75) is 19.0 Å². The number of aryl methyl sites for hydroxylation is 2. The van der Waals surface area contributed by atoms with Gasteiger partial charge in [-0.15, -0.1) is 10.2 Å². The Balaban J connectivity index is 1.54. The molecule has 0 spiro atoms. The minimum Gasteiger partial charge on any atom is -0.378 e. The lowest BCUT2D eigenvalue weighted by molar-refractivity contribution is -0.113. The van der Waals surface area contributed by atoms with Gasteiger partial charge in [-0.3, -0.25) is 9.36 Å². The molecule has 1 N–H and O–H groups in total. The van der Waals surface area contributed by atoms with Crippen LogP contribution in [-0.4, -0.2) is 52.7 Å². The van der Waals surface area contributed by atoms with E-state index in [4.69, 9.17) is 4.74 Å². The zero-order valence-electron chi connectivity index (χ0n) is 17.5. The molecule has 2 aromatic carbocycles. The third-order valence-electron chi connectivity index (χ3n) is 5.10. The molecule has 162 valence electrons. The Labute approximate surface area is 184 Å². The van der Waals surface area contributed by atoms with Crippen molar-refractivity contribution in [3.63, 3.8) is 0 Å². The van der Waals surface area contributed by atoms with Crippen LogP contribution in [0.25, 0.3) is 5.69 Å². The highest BCUT2D eigenvalue weighted by molar-refractivity contribution is 7.99. The molecule has 0 saturated carbocycles. The maximum Gasteiger partial charge on any atom is 0.234 e. The van der Waals surface area contributed by atoms with Gasteiger partial charge in [-0.2, -0.15) is 0 Å². The van der Waals surface area contributed by atoms with Gasteiger partial charge in [0.1, 0.15) is 5.82 Å². The topological polar surface area (TPSA) is 72.3 Å². The van der Waals surface area contributed by atoms with Crippen molar-refractivity contribution in [3.8, 4) is 5.69 Å². The van der Waals surface area contributed by atoms with E-state index in [0.717, 1.165) is 11.3 Å². The molecule has 1 fully saturated rings. The normalized spacial score (nSPS) is 14.0. The summed E-state index contributed by atoms with van der Waals surface area (Å²) >= 11 is 1.26. The number of ether oxygens (including phenoxy) is 1. The number of benzene rings is 2. The molecule has 0 radical (unpaired) electrons. The number of carbonyl (C=O) groups is 1. The van der Waals surface area contributed by atoms with Crippen LogP contribution in [0.5, 0.6) is 0 Å². The van der Waals surface area contributed by atoms with Gasteiger partial charge in [0.05, 0.1) is 24.7 Å². The molecular formula is C22H24FN5O2S.